The van der Waals surface area contributed by atoms with Crippen LogP contribution >= 0.6 is 23.1 Å². The van der Waals surface area contributed by atoms with Crippen LogP contribution in [0.1, 0.15) is 17.4 Å². The standard InChI is InChI=1S/C14H12N2O2S2/c1-2-19-10-5-3-9(4-6-10)12-8-20-14-15-11(13(17)18)7-16(12)14/h3-8H,2H2,1H3,(H,17,18). The van der Waals surface area contributed by atoms with E-state index in [-0.39, 0.29) is 5.69 Å². The lowest BCUT2D eigenvalue weighted by Gasteiger charge is -2.02. The number of aromatic nitrogens is 2. The maximum atomic E-state index is 11.0. The smallest absolute Gasteiger partial charge is 0.356 e. The third-order valence-corrected chi connectivity index (χ3v) is 4.62. The van der Waals surface area contributed by atoms with Gasteiger partial charge in [-0.3, -0.25) is 4.40 Å². The molecule has 0 unspecified atom stereocenters. The number of carbonyl (C=O) groups is 1. The number of aromatic carboxylic acids is 1. The first-order valence-corrected chi connectivity index (χ1v) is 7.98. The highest BCUT2D eigenvalue weighted by atomic mass is 32.2. The monoisotopic (exact) mass is 304 g/mol. The van der Waals surface area contributed by atoms with Crippen LogP contribution in [0.2, 0.25) is 0 Å². The molecule has 2 aromatic heterocycles. The second kappa shape index (κ2) is 5.30. The molecule has 20 heavy (non-hydrogen) atoms. The molecule has 0 aliphatic carbocycles. The lowest BCUT2D eigenvalue weighted by atomic mass is 10.2. The number of carboxylic acids is 1. The van der Waals surface area contributed by atoms with Gasteiger partial charge in [0.1, 0.15) is 0 Å². The first kappa shape index (κ1) is 13.2. The normalized spacial score (nSPS) is 11.1. The predicted octanol–water partition coefficient (Wildman–Crippen LogP) is 3.87. The van der Waals surface area contributed by atoms with Crippen molar-refractivity contribution in [2.75, 3.05) is 5.75 Å². The van der Waals surface area contributed by atoms with E-state index in [9.17, 15) is 4.79 Å². The summed E-state index contributed by atoms with van der Waals surface area (Å²) in [6.45, 7) is 2.12. The van der Waals surface area contributed by atoms with Gasteiger partial charge >= 0.3 is 5.97 Å². The summed E-state index contributed by atoms with van der Waals surface area (Å²) in [6, 6.07) is 8.28. The van der Waals surface area contributed by atoms with Gasteiger partial charge in [0.25, 0.3) is 0 Å². The molecule has 0 atom stereocenters. The summed E-state index contributed by atoms with van der Waals surface area (Å²) in [4.78, 5) is 17.0. The van der Waals surface area contributed by atoms with Gasteiger partial charge in [-0.1, -0.05) is 19.1 Å². The minimum atomic E-state index is -0.999. The molecule has 0 fully saturated rings. The molecule has 4 nitrogen and oxygen atoms in total. The molecule has 0 saturated heterocycles. The minimum absolute atomic E-state index is 0.0799. The molecular formula is C14H12N2O2S2. The third-order valence-electron chi connectivity index (χ3n) is 2.89. The quantitative estimate of drug-likeness (QED) is 0.743. The van der Waals surface area contributed by atoms with E-state index < -0.39 is 5.97 Å². The second-order valence-electron chi connectivity index (χ2n) is 4.16. The Morgan fingerprint density at radius 3 is 2.80 bits per heavy atom. The Kier molecular flexibility index (Phi) is 3.50. The molecule has 3 aromatic rings. The van der Waals surface area contributed by atoms with Crippen LogP contribution in [-0.2, 0) is 0 Å². The number of hydrogen-bond acceptors (Lipinski definition) is 4. The van der Waals surface area contributed by atoms with Gasteiger partial charge in [0.15, 0.2) is 10.7 Å². The van der Waals surface area contributed by atoms with E-state index in [4.69, 9.17) is 5.11 Å². The molecule has 6 heteroatoms. The van der Waals surface area contributed by atoms with Crippen LogP contribution in [-0.4, -0.2) is 26.2 Å². The Morgan fingerprint density at radius 2 is 2.15 bits per heavy atom. The topological polar surface area (TPSA) is 54.6 Å². The van der Waals surface area contributed by atoms with Crippen molar-refractivity contribution in [1.82, 2.24) is 9.38 Å². The van der Waals surface area contributed by atoms with Crippen LogP contribution in [0.4, 0.5) is 0 Å². The van der Waals surface area contributed by atoms with Crippen molar-refractivity contribution in [1.29, 1.82) is 0 Å². The largest absolute Gasteiger partial charge is 0.476 e. The molecular weight excluding hydrogens is 292 g/mol. The molecule has 0 spiro atoms. The summed E-state index contributed by atoms with van der Waals surface area (Å²) in [7, 11) is 0. The molecule has 0 radical (unpaired) electrons. The van der Waals surface area contributed by atoms with Gasteiger partial charge in [-0.15, -0.1) is 23.1 Å². The first-order valence-electron chi connectivity index (χ1n) is 6.12. The Labute approximate surface area is 124 Å². The molecule has 1 aromatic carbocycles. The average molecular weight is 304 g/mol. The lowest BCUT2D eigenvalue weighted by molar-refractivity contribution is 0.0691. The number of carboxylic acid groups (broad SMARTS) is 1. The molecule has 0 saturated carbocycles. The van der Waals surface area contributed by atoms with E-state index >= 15 is 0 Å². The van der Waals surface area contributed by atoms with E-state index in [0.717, 1.165) is 17.0 Å². The van der Waals surface area contributed by atoms with Crippen LogP contribution in [0.5, 0.6) is 0 Å². The average Bonchev–Trinajstić information content (AvgIpc) is 3.00. The summed E-state index contributed by atoms with van der Waals surface area (Å²) in [6.07, 6.45) is 1.57. The van der Waals surface area contributed by atoms with Crippen molar-refractivity contribution in [3.05, 3.63) is 41.5 Å². The maximum absolute atomic E-state index is 11.0. The lowest BCUT2D eigenvalue weighted by Crippen LogP contribution is -1.95. The second-order valence-corrected chi connectivity index (χ2v) is 6.34. The van der Waals surface area contributed by atoms with Crippen molar-refractivity contribution in [2.24, 2.45) is 0 Å². The SMILES string of the molecule is CCSc1ccc(-c2csc3nc(C(=O)O)cn23)cc1. The number of rotatable bonds is 4. The van der Waals surface area contributed by atoms with Crippen LogP contribution < -0.4 is 0 Å². The van der Waals surface area contributed by atoms with Gasteiger partial charge in [-0.25, -0.2) is 9.78 Å². The molecule has 0 bridgehead atoms. The van der Waals surface area contributed by atoms with Crippen molar-refractivity contribution in [2.45, 2.75) is 11.8 Å². The van der Waals surface area contributed by atoms with Crippen LogP contribution in [0, 0.1) is 0 Å². The number of hydrogen-bond donors (Lipinski definition) is 1. The number of fused-ring (bicyclic) bond motifs is 1. The van der Waals surface area contributed by atoms with Crippen molar-refractivity contribution in [3.63, 3.8) is 0 Å². The number of imidazole rings is 1. The van der Waals surface area contributed by atoms with Crippen LogP contribution in [0.25, 0.3) is 16.2 Å². The van der Waals surface area contributed by atoms with Gasteiger partial charge in [0.2, 0.25) is 0 Å². The number of nitrogens with zero attached hydrogens (tertiary/aromatic N) is 2. The summed E-state index contributed by atoms with van der Waals surface area (Å²) in [5, 5.41) is 11.0. The Balaban J connectivity index is 2.02. The summed E-state index contributed by atoms with van der Waals surface area (Å²) < 4.78 is 1.83. The zero-order chi connectivity index (χ0) is 14.1. The van der Waals surface area contributed by atoms with E-state index in [1.807, 2.05) is 9.78 Å². The van der Waals surface area contributed by atoms with E-state index in [2.05, 4.69) is 36.2 Å². The molecule has 1 N–H and O–H groups in total. The van der Waals surface area contributed by atoms with Gasteiger partial charge < -0.3 is 5.11 Å². The molecule has 0 aliphatic rings. The fraction of sp³-hybridized carbons (Fsp3) is 0.143. The van der Waals surface area contributed by atoms with Crippen molar-refractivity contribution < 1.29 is 9.90 Å². The van der Waals surface area contributed by atoms with Crippen molar-refractivity contribution in [3.8, 4) is 11.3 Å². The number of thiazole rings is 1. The summed E-state index contributed by atoms with van der Waals surface area (Å²) in [5.41, 5.74) is 2.11. The van der Waals surface area contributed by atoms with Gasteiger partial charge in [-0.2, -0.15) is 0 Å². The van der Waals surface area contributed by atoms with Gasteiger partial charge in [-0.05, 0) is 23.4 Å². The predicted molar refractivity (Wildman–Crippen MR) is 81.9 cm³/mol. The highest BCUT2D eigenvalue weighted by Crippen LogP contribution is 2.28. The molecule has 102 valence electrons. The number of benzene rings is 1. The molecule has 0 amide bonds. The minimum Gasteiger partial charge on any atom is -0.476 e. The Bertz CT molecular complexity index is 759. The van der Waals surface area contributed by atoms with Gasteiger partial charge in [0, 0.05) is 16.5 Å². The molecule has 2 heterocycles. The highest BCUT2D eigenvalue weighted by Gasteiger charge is 2.13. The molecule has 0 aliphatic heterocycles. The Morgan fingerprint density at radius 1 is 1.40 bits per heavy atom. The summed E-state index contributed by atoms with van der Waals surface area (Å²) in [5.74, 6) is 0.0486. The summed E-state index contributed by atoms with van der Waals surface area (Å²) >= 11 is 3.24. The fourth-order valence-corrected chi connectivity index (χ4v) is 3.53. The zero-order valence-corrected chi connectivity index (χ0v) is 12.4. The Hall–Kier alpha value is -1.79. The van der Waals surface area contributed by atoms with E-state index in [1.54, 1.807) is 18.0 Å². The number of thioether (sulfide) groups is 1. The third kappa shape index (κ3) is 2.32. The van der Waals surface area contributed by atoms with E-state index in [0.29, 0.717) is 4.96 Å². The first-order chi connectivity index (χ1) is 9.69. The van der Waals surface area contributed by atoms with Crippen molar-refractivity contribution >= 4 is 34.0 Å². The van der Waals surface area contributed by atoms with Gasteiger partial charge in [0.05, 0.1) is 5.69 Å². The molecule has 3 rings (SSSR count). The highest BCUT2D eigenvalue weighted by molar-refractivity contribution is 7.99. The van der Waals surface area contributed by atoms with Crippen LogP contribution in [0.3, 0.4) is 0 Å². The van der Waals surface area contributed by atoms with E-state index in [1.165, 1.54) is 16.2 Å². The zero-order valence-electron chi connectivity index (χ0n) is 10.7. The van der Waals surface area contributed by atoms with Crippen LogP contribution in [0.15, 0.2) is 40.7 Å². The fourth-order valence-electron chi connectivity index (χ4n) is 1.98. The maximum Gasteiger partial charge on any atom is 0.356 e.